The molecule has 2 rings (SSSR count). The molecule has 5 nitrogen and oxygen atoms in total. The Bertz CT molecular complexity index is 296. The van der Waals surface area contributed by atoms with E-state index in [1.807, 2.05) is 13.8 Å². The lowest BCUT2D eigenvalue weighted by Gasteiger charge is -2.32. The van der Waals surface area contributed by atoms with E-state index in [1.165, 1.54) is 6.92 Å². The van der Waals surface area contributed by atoms with Crippen LogP contribution in [0.1, 0.15) is 20.8 Å². The standard InChI is InChI=1S/C11H18O5S/c1-5(2)15-11-8(13)10-9(17-10)7(16-11)4-14-6(3)12/h5,7-11,13H,4H2,1-3H3/t7-,8-,9+,10-,11+/m1/s1. The fourth-order valence-corrected chi connectivity index (χ4v) is 3.13. The molecule has 5 atom stereocenters. The molecule has 2 fully saturated rings. The summed E-state index contributed by atoms with van der Waals surface area (Å²) in [5.74, 6) is -0.316. The van der Waals surface area contributed by atoms with Crippen molar-refractivity contribution in [2.24, 2.45) is 0 Å². The van der Waals surface area contributed by atoms with Crippen LogP contribution in [0.5, 0.6) is 0 Å². The molecular formula is C11H18O5S. The lowest BCUT2D eigenvalue weighted by Crippen LogP contribution is -2.48. The van der Waals surface area contributed by atoms with Gasteiger partial charge in [-0.2, -0.15) is 0 Å². The number of fused-ring (bicyclic) bond motifs is 1. The van der Waals surface area contributed by atoms with E-state index >= 15 is 0 Å². The molecule has 2 aliphatic heterocycles. The number of thioether (sulfide) groups is 1. The zero-order valence-electron chi connectivity index (χ0n) is 10.2. The summed E-state index contributed by atoms with van der Waals surface area (Å²) in [6, 6.07) is 0. The summed E-state index contributed by atoms with van der Waals surface area (Å²) in [4.78, 5) is 10.8. The molecule has 0 aromatic heterocycles. The minimum Gasteiger partial charge on any atom is -0.463 e. The highest BCUT2D eigenvalue weighted by atomic mass is 32.2. The summed E-state index contributed by atoms with van der Waals surface area (Å²) in [6.07, 6.45) is -1.40. The van der Waals surface area contributed by atoms with Crippen molar-refractivity contribution in [3.05, 3.63) is 0 Å². The van der Waals surface area contributed by atoms with Gasteiger partial charge in [-0.15, -0.1) is 11.8 Å². The van der Waals surface area contributed by atoms with Crippen LogP contribution in [0.2, 0.25) is 0 Å². The fourth-order valence-electron chi connectivity index (χ4n) is 1.91. The largest absolute Gasteiger partial charge is 0.463 e. The van der Waals surface area contributed by atoms with Crippen molar-refractivity contribution in [2.45, 2.75) is 55.9 Å². The number of esters is 1. The highest BCUT2D eigenvalue weighted by molar-refractivity contribution is 8.07. The third-order valence-corrected chi connectivity index (χ3v) is 4.19. The monoisotopic (exact) mass is 262 g/mol. The first-order valence-electron chi connectivity index (χ1n) is 5.77. The Kier molecular flexibility index (Phi) is 3.97. The number of ether oxygens (including phenoxy) is 3. The first-order chi connectivity index (χ1) is 7.99. The highest BCUT2D eigenvalue weighted by Crippen LogP contribution is 2.51. The maximum atomic E-state index is 10.8. The van der Waals surface area contributed by atoms with Crippen LogP contribution in [0.25, 0.3) is 0 Å². The molecule has 2 aliphatic rings. The lowest BCUT2D eigenvalue weighted by molar-refractivity contribution is -0.248. The number of rotatable bonds is 4. The maximum Gasteiger partial charge on any atom is 0.302 e. The smallest absolute Gasteiger partial charge is 0.302 e. The molecule has 6 heteroatoms. The summed E-state index contributed by atoms with van der Waals surface area (Å²) in [5, 5.41) is 10.3. The number of carbonyl (C=O) groups is 1. The van der Waals surface area contributed by atoms with E-state index in [2.05, 4.69) is 0 Å². The van der Waals surface area contributed by atoms with E-state index in [1.54, 1.807) is 11.8 Å². The normalized spacial score (nSPS) is 39.9. The van der Waals surface area contributed by atoms with E-state index in [0.717, 1.165) is 0 Å². The van der Waals surface area contributed by atoms with Crippen LogP contribution in [0.15, 0.2) is 0 Å². The van der Waals surface area contributed by atoms with Crippen LogP contribution >= 0.6 is 11.8 Å². The Morgan fingerprint density at radius 2 is 2.18 bits per heavy atom. The van der Waals surface area contributed by atoms with Crippen LogP contribution in [-0.2, 0) is 19.0 Å². The SMILES string of the molecule is CC(=O)OC[C@H]1O[C@H](OC(C)C)[C@H](O)[C@H]2S[C@H]21. The summed E-state index contributed by atoms with van der Waals surface area (Å²) in [6.45, 7) is 5.39. The topological polar surface area (TPSA) is 65.0 Å². The average molecular weight is 262 g/mol. The summed E-state index contributed by atoms with van der Waals surface area (Å²) in [5.41, 5.74) is 0. The second-order valence-electron chi connectivity index (χ2n) is 4.59. The summed E-state index contributed by atoms with van der Waals surface area (Å²) < 4.78 is 16.1. The van der Waals surface area contributed by atoms with Crippen LogP contribution in [-0.4, -0.2) is 52.8 Å². The molecule has 0 bridgehead atoms. The highest BCUT2D eigenvalue weighted by Gasteiger charge is 2.57. The van der Waals surface area contributed by atoms with Gasteiger partial charge in [-0.1, -0.05) is 0 Å². The molecule has 17 heavy (non-hydrogen) atoms. The zero-order chi connectivity index (χ0) is 12.6. The van der Waals surface area contributed by atoms with Gasteiger partial charge < -0.3 is 19.3 Å². The van der Waals surface area contributed by atoms with Crippen LogP contribution in [0, 0.1) is 0 Å². The van der Waals surface area contributed by atoms with Crippen molar-refractivity contribution in [2.75, 3.05) is 6.61 Å². The van der Waals surface area contributed by atoms with Gasteiger partial charge in [0.2, 0.25) is 0 Å². The Morgan fingerprint density at radius 1 is 1.47 bits per heavy atom. The first kappa shape index (κ1) is 13.1. The zero-order valence-corrected chi connectivity index (χ0v) is 11.0. The van der Waals surface area contributed by atoms with Gasteiger partial charge in [0.15, 0.2) is 6.29 Å². The molecule has 0 aromatic rings. The van der Waals surface area contributed by atoms with Crippen LogP contribution in [0.3, 0.4) is 0 Å². The molecule has 1 N–H and O–H groups in total. The van der Waals surface area contributed by atoms with Crippen molar-refractivity contribution in [1.82, 2.24) is 0 Å². The number of hydrogen-bond acceptors (Lipinski definition) is 6. The first-order valence-corrected chi connectivity index (χ1v) is 6.71. The molecule has 0 spiro atoms. The van der Waals surface area contributed by atoms with Crippen molar-refractivity contribution < 1.29 is 24.1 Å². The van der Waals surface area contributed by atoms with Gasteiger partial charge >= 0.3 is 5.97 Å². The minimum atomic E-state index is -0.619. The average Bonchev–Trinajstić information content (AvgIpc) is 2.99. The Hall–Kier alpha value is -0.300. The van der Waals surface area contributed by atoms with Gasteiger partial charge in [-0.05, 0) is 13.8 Å². The number of aliphatic hydroxyl groups excluding tert-OH is 1. The van der Waals surface area contributed by atoms with Gasteiger partial charge in [0.1, 0.15) is 18.8 Å². The molecule has 0 amide bonds. The van der Waals surface area contributed by atoms with Gasteiger partial charge in [0, 0.05) is 12.2 Å². The predicted octanol–water partition coefficient (Wildman–Crippen LogP) is 0.544. The Morgan fingerprint density at radius 3 is 2.76 bits per heavy atom. The van der Waals surface area contributed by atoms with Crippen molar-refractivity contribution >= 4 is 17.7 Å². The third kappa shape index (κ3) is 3.13. The second kappa shape index (κ2) is 5.14. The lowest BCUT2D eigenvalue weighted by atomic mass is 10.1. The molecule has 0 aliphatic carbocycles. The van der Waals surface area contributed by atoms with Gasteiger partial charge in [0.25, 0.3) is 0 Å². The summed E-state index contributed by atoms with van der Waals surface area (Å²) in [7, 11) is 0. The van der Waals surface area contributed by atoms with E-state index in [0.29, 0.717) is 0 Å². The molecule has 0 aromatic carbocycles. The second-order valence-corrected chi connectivity index (χ2v) is 5.95. The van der Waals surface area contributed by atoms with Crippen LogP contribution in [0.4, 0.5) is 0 Å². The fraction of sp³-hybridized carbons (Fsp3) is 0.909. The predicted molar refractivity (Wildman–Crippen MR) is 62.7 cm³/mol. The van der Waals surface area contributed by atoms with E-state index in [9.17, 15) is 9.90 Å². The Balaban J connectivity index is 1.90. The molecule has 98 valence electrons. The maximum absolute atomic E-state index is 10.8. The molecule has 2 heterocycles. The Labute approximate surface area is 105 Å². The van der Waals surface area contributed by atoms with Crippen LogP contribution < -0.4 is 0 Å². The number of aliphatic hydroxyl groups is 1. The molecular weight excluding hydrogens is 244 g/mol. The quantitative estimate of drug-likeness (QED) is 0.589. The molecule has 0 unspecified atom stereocenters. The van der Waals surface area contributed by atoms with Gasteiger partial charge in [-0.3, -0.25) is 4.79 Å². The van der Waals surface area contributed by atoms with E-state index < -0.39 is 12.4 Å². The third-order valence-electron chi connectivity index (χ3n) is 2.71. The molecule has 2 saturated heterocycles. The van der Waals surface area contributed by atoms with Crippen molar-refractivity contribution in [3.8, 4) is 0 Å². The summed E-state index contributed by atoms with van der Waals surface area (Å²) >= 11 is 1.65. The van der Waals surface area contributed by atoms with Crippen molar-refractivity contribution in [3.63, 3.8) is 0 Å². The number of hydrogen-bond donors (Lipinski definition) is 1. The molecule has 0 radical (unpaired) electrons. The van der Waals surface area contributed by atoms with E-state index in [-0.39, 0.29) is 35.3 Å². The van der Waals surface area contributed by atoms with Crippen molar-refractivity contribution in [1.29, 1.82) is 0 Å². The molecule has 0 saturated carbocycles. The minimum absolute atomic E-state index is 0.00988. The van der Waals surface area contributed by atoms with E-state index in [4.69, 9.17) is 14.2 Å². The van der Waals surface area contributed by atoms with Gasteiger partial charge in [0.05, 0.1) is 11.4 Å². The van der Waals surface area contributed by atoms with Gasteiger partial charge in [-0.25, -0.2) is 0 Å². The number of carbonyl (C=O) groups excluding carboxylic acids is 1.